The van der Waals surface area contributed by atoms with Crippen LogP contribution in [0, 0.1) is 11.3 Å². The number of thioether (sulfide) groups is 1. The quantitative estimate of drug-likeness (QED) is 0.544. The van der Waals surface area contributed by atoms with E-state index in [1.807, 2.05) is 6.07 Å². The normalized spacial score (nSPS) is 10.5. The third-order valence-corrected chi connectivity index (χ3v) is 4.01. The summed E-state index contributed by atoms with van der Waals surface area (Å²) in [5.41, 5.74) is 1.04. The molecule has 3 rings (SSSR count). The van der Waals surface area contributed by atoms with Crippen LogP contribution in [0.3, 0.4) is 0 Å². The lowest BCUT2D eigenvalue weighted by Crippen LogP contribution is -2.19. The number of nitriles is 1. The Morgan fingerprint density at radius 3 is 3.04 bits per heavy atom. The average molecular weight is 342 g/mol. The molecule has 0 spiro atoms. The summed E-state index contributed by atoms with van der Waals surface area (Å²) in [6, 6.07) is 3.59. The highest BCUT2D eigenvalue weighted by atomic mass is 32.2. The van der Waals surface area contributed by atoms with E-state index < -0.39 is 11.7 Å². The zero-order valence-corrected chi connectivity index (χ0v) is 13.2. The largest absolute Gasteiger partial charge is 0.465 e. The Hall–Kier alpha value is -3.19. The second kappa shape index (κ2) is 6.51. The van der Waals surface area contributed by atoms with Crippen molar-refractivity contribution < 1.29 is 9.53 Å². The molecule has 0 aliphatic heterocycles. The molecule has 24 heavy (non-hydrogen) atoms. The molecule has 0 unspecified atom stereocenters. The van der Waals surface area contributed by atoms with Crippen LogP contribution in [-0.4, -0.2) is 37.6 Å². The molecule has 3 aromatic heterocycles. The van der Waals surface area contributed by atoms with Crippen molar-refractivity contribution >= 4 is 23.4 Å². The van der Waals surface area contributed by atoms with Crippen LogP contribution in [0.1, 0.15) is 21.5 Å². The molecule has 3 heterocycles. The number of hydrogen-bond acceptors (Lipinski definition) is 8. The van der Waals surface area contributed by atoms with Gasteiger partial charge in [0.1, 0.15) is 11.6 Å². The molecule has 0 radical (unpaired) electrons. The number of rotatable bonds is 4. The summed E-state index contributed by atoms with van der Waals surface area (Å²) in [6.45, 7) is 0. The fourth-order valence-electron chi connectivity index (χ4n) is 1.96. The molecule has 9 nitrogen and oxygen atoms in total. The van der Waals surface area contributed by atoms with Crippen LogP contribution in [0.4, 0.5) is 0 Å². The molecular weight excluding hydrogens is 332 g/mol. The number of nitrogens with zero attached hydrogens (tertiary/aromatic N) is 5. The van der Waals surface area contributed by atoms with Crippen molar-refractivity contribution in [1.29, 1.82) is 5.26 Å². The number of H-pyrrole nitrogens is 1. The number of aromatic amines is 1. The van der Waals surface area contributed by atoms with Gasteiger partial charge in [-0.15, -0.1) is 0 Å². The SMILES string of the molecule is COC(=O)c1cncc(CSc2nc3c(C#N)cnn3c(=O)[nH]2)c1. The van der Waals surface area contributed by atoms with Gasteiger partial charge in [-0.05, 0) is 11.6 Å². The van der Waals surface area contributed by atoms with Gasteiger partial charge in [-0.3, -0.25) is 9.97 Å². The zero-order valence-electron chi connectivity index (χ0n) is 12.4. The average Bonchev–Trinajstić information content (AvgIpc) is 3.03. The van der Waals surface area contributed by atoms with Crippen molar-refractivity contribution in [3.8, 4) is 6.07 Å². The number of esters is 1. The summed E-state index contributed by atoms with van der Waals surface area (Å²) < 4.78 is 5.68. The first-order valence-electron chi connectivity index (χ1n) is 6.65. The maximum atomic E-state index is 11.9. The molecule has 0 aliphatic rings. The minimum Gasteiger partial charge on any atom is -0.465 e. The second-order valence-corrected chi connectivity index (χ2v) is 5.58. The minimum atomic E-state index is -0.481. The van der Waals surface area contributed by atoms with Crippen LogP contribution >= 0.6 is 11.8 Å². The topological polar surface area (TPSA) is 126 Å². The van der Waals surface area contributed by atoms with Crippen LogP contribution in [0.15, 0.2) is 34.6 Å². The van der Waals surface area contributed by atoms with Gasteiger partial charge >= 0.3 is 11.7 Å². The zero-order chi connectivity index (χ0) is 17.1. The fraction of sp³-hybridized carbons (Fsp3) is 0.143. The molecule has 120 valence electrons. The lowest BCUT2D eigenvalue weighted by molar-refractivity contribution is 0.0600. The third kappa shape index (κ3) is 2.97. The standard InChI is InChI=1S/C14H10N6O3S/c1-23-12(21)9-2-8(4-16-5-9)7-24-13-18-11-10(3-15)6-17-20(11)14(22)19-13/h2,4-6H,7H2,1H3,(H,18,19,22). The van der Waals surface area contributed by atoms with Crippen LogP contribution in [-0.2, 0) is 10.5 Å². The van der Waals surface area contributed by atoms with E-state index in [1.54, 1.807) is 12.3 Å². The Balaban J connectivity index is 1.85. The van der Waals surface area contributed by atoms with E-state index in [1.165, 1.54) is 31.3 Å². The van der Waals surface area contributed by atoms with E-state index in [9.17, 15) is 9.59 Å². The van der Waals surface area contributed by atoms with Crippen LogP contribution in [0.5, 0.6) is 0 Å². The second-order valence-electron chi connectivity index (χ2n) is 4.61. The van der Waals surface area contributed by atoms with E-state index >= 15 is 0 Å². The molecule has 0 aromatic carbocycles. The number of ether oxygens (including phenoxy) is 1. The van der Waals surface area contributed by atoms with Crippen molar-refractivity contribution in [1.82, 2.24) is 24.6 Å². The molecule has 0 aliphatic carbocycles. The Kier molecular flexibility index (Phi) is 4.26. The Morgan fingerprint density at radius 1 is 1.46 bits per heavy atom. The van der Waals surface area contributed by atoms with Gasteiger partial charge in [0.2, 0.25) is 0 Å². The summed E-state index contributed by atoms with van der Waals surface area (Å²) >= 11 is 1.24. The van der Waals surface area contributed by atoms with Crippen molar-refractivity contribution in [2.45, 2.75) is 10.9 Å². The number of hydrogen-bond donors (Lipinski definition) is 1. The molecule has 0 fully saturated rings. The third-order valence-electron chi connectivity index (χ3n) is 3.07. The van der Waals surface area contributed by atoms with Gasteiger partial charge in [0.25, 0.3) is 0 Å². The van der Waals surface area contributed by atoms with Crippen LogP contribution in [0.25, 0.3) is 5.65 Å². The van der Waals surface area contributed by atoms with Crippen molar-refractivity contribution in [2.75, 3.05) is 7.11 Å². The Morgan fingerprint density at radius 2 is 2.29 bits per heavy atom. The molecular formula is C14H10N6O3S. The summed E-state index contributed by atoms with van der Waals surface area (Å²) in [5, 5.41) is 13.2. The van der Waals surface area contributed by atoms with Gasteiger partial charge < -0.3 is 4.74 Å². The van der Waals surface area contributed by atoms with E-state index in [0.717, 1.165) is 10.1 Å². The van der Waals surface area contributed by atoms with Gasteiger partial charge in [0.15, 0.2) is 10.8 Å². The van der Waals surface area contributed by atoms with Gasteiger partial charge in [0.05, 0.1) is 18.9 Å². The maximum Gasteiger partial charge on any atom is 0.350 e. The van der Waals surface area contributed by atoms with Crippen molar-refractivity contribution in [3.63, 3.8) is 0 Å². The first-order chi connectivity index (χ1) is 11.6. The van der Waals surface area contributed by atoms with Crippen LogP contribution < -0.4 is 5.69 Å². The highest BCUT2D eigenvalue weighted by Crippen LogP contribution is 2.19. The monoisotopic (exact) mass is 342 g/mol. The Bertz CT molecular complexity index is 1020. The highest BCUT2D eigenvalue weighted by Gasteiger charge is 2.11. The lowest BCUT2D eigenvalue weighted by atomic mass is 10.2. The van der Waals surface area contributed by atoms with Crippen molar-refractivity contribution in [3.05, 3.63) is 51.8 Å². The molecule has 0 saturated carbocycles. The van der Waals surface area contributed by atoms with Gasteiger partial charge in [0, 0.05) is 18.1 Å². The highest BCUT2D eigenvalue weighted by molar-refractivity contribution is 7.98. The molecule has 0 amide bonds. The first kappa shape index (κ1) is 15.7. The molecule has 10 heteroatoms. The van der Waals surface area contributed by atoms with E-state index in [2.05, 4.69) is 24.8 Å². The fourth-order valence-corrected chi connectivity index (χ4v) is 2.73. The Labute approximate surface area is 139 Å². The van der Waals surface area contributed by atoms with E-state index in [-0.39, 0.29) is 11.2 Å². The number of carbonyl (C=O) groups is 1. The maximum absolute atomic E-state index is 11.9. The number of carbonyl (C=O) groups excluding carboxylic acids is 1. The van der Waals surface area contributed by atoms with Gasteiger partial charge in [-0.25, -0.2) is 14.6 Å². The molecule has 1 N–H and O–H groups in total. The number of aromatic nitrogens is 5. The van der Waals surface area contributed by atoms with Crippen LogP contribution in [0.2, 0.25) is 0 Å². The molecule has 0 saturated heterocycles. The molecule has 0 bridgehead atoms. The van der Waals surface area contributed by atoms with Gasteiger partial charge in [-0.2, -0.15) is 14.9 Å². The number of pyridine rings is 1. The predicted octanol–water partition coefficient (Wildman–Crippen LogP) is 0.763. The predicted molar refractivity (Wildman–Crippen MR) is 83.5 cm³/mol. The minimum absolute atomic E-state index is 0.199. The smallest absolute Gasteiger partial charge is 0.350 e. The molecule has 0 atom stereocenters. The summed E-state index contributed by atoms with van der Waals surface area (Å²) in [5.74, 6) is -0.0484. The van der Waals surface area contributed by atoms with Crippen molar-refractivity contribution in [2.24, 2.45) is 0 Å². The van der Waals surface area contributed by atoms with E-state index in [4.69, 9.17) is 5.26 Å². The summed E-state index contributed by atoms with van der Waals surface area (Å²) in [4.78, 5) is 34.2. The first-order valence-corrected chi connectivity index (χ1v) is 7.64. The number of fused-ring (bicyclic) bond motifs is 1. The lowest BCUT2D eigenvalue weighted by Gasteiger charge is -2.04. The molecule has 3 aromatic rings. The van der Waals surface area contributed by atoms with Gasteiger partial charge in [-0.1, -0.05) is 11.8 Å². The summed E-state index contributed by atoms with van der Waals surface area (Å²) in [6.07, 6.45) is 4.31. The van der Waals surface area contributed by atoms with E-state index in [0.29, 0.717) is 16.5 Å². The number of methoxy groups -OCH3 is 1. The summed E-state index contributed by atoms with van der Waals surface area (Å²) in [7, 11) is 1.30. The number of nitrogens with one attached hydrogen (secondary N) is 1.